The number of benzene rings is 1. The number of amides is 1. The minimum atomic E-state index is -0.845. The molecule has 0 aliphatic rings. The molecule has 6 nitrogen and oxygen atoms in total. The van der Waals surface area contributed by atoms with Gasteiger partial charge in [0.15, 0.2) is 6.61 Å². The van der Waals surface area contributed by atoms with Crippen molar-refractivity contribution in [2.45, 2.75) is 19.4 Å². The molecule has 0 saturated carbocycles. The average molecular weight is 422 g/mol. The summed E-state index contributed by atoms with van der Waals surface area (Å²) in [5.41, 5.74) is 0.331. The molecule has 1 aromatic carbocycles. The second kappa shape index (κ2) is 10.9. The van der Waals surface area contributed by atoms with E-state index < -0.39 is 17.9 Å². The van der Waals surface area contributed by atoms with Gasteiger partial charge in [0.2, 0.25) is 5.78 Å². The van der Waals surface area contributed by atoms with Crippen LogP contribution in [0.1, 0.15) is 31.3 Å². The largest absolute Gasteiger partial charge is 0.496 e. The third-order valence-corrected chi connectivity index (χ3v) is 5.60. The molecule has 0 aliphatic carbocycles. The number of nitrogens with one attached hydrogen (secondary N) is 1. The van der Waals surface area contributed by atoms with Crippen molar-refractivity contribution < 1.29 is 23.9 Å². The molecule has 2 aromatic rings. The van der Waals surface area contributed by atoms with Gasteiger partial charge in [0.1, 0.15) is 11.8 Å². The van der Waals surface area contributed by atoms with Crippen LogP contribution >= 0.6 is 23.1 Å². The molecule has 0 spiro atoms. The molecule has 0 bridgehead atoms. The van der Waals surface area contributed by atoms with Crippen LogP contribution in [-0.2, 0) is 9.53 Å². The van der Waals surface area contributed by atoms with E-state index in [9.17, 15) is 14.4 Å². The highest BCUT2D eigenvalue weighted by Crippen LogP contribution is 2.18. The van der Waals surface area contributed by atoms with Crippen LogP contribution in [0.4, 0.5) is 0 Å². The van der Waals surface area contributed by atoms with Crippen LogP contribution in [-0.4, -0.2) is 49.4 Å². The minimum Gasteiger partial charge on any atom is -0.496 e. The topological polar surface area (TPSA) is 81.7 Å². The Bertz CT molecular complexity index is 834. The molecular formula is C20H23NO5S2. The van der Waals surface area contributed by atoms with E-state index in [1.807, 2.05) is 19.2 Å². The van der Waals surface area contributed by atoms with E-state index in [0.717, 1.165) is 4.88 Å². The van der Waals surface area contributed by atoms with Crippen molar-refractivity contribution in [3.8, 4) is 5.75 Å². The third-order valence-electron chi connectivity index (χ3n) is 3.91. The fourth-order valence-corrected chi connectivity index (χ4v) is 3.71. The molecule has 150 valence electrons. The Morgan fingerprint density at radius 1 is 1.18 bits per heavy atom. The normalized spacial score (nSPS) is 11.5. The quantitative estimate of drug-likeness (QED) is 0.468. The fraction of sp³-hybridized carbons (Fsp3) is 0.350. The summed E-state index contributed by atoms with van der Waals surface area (Å²) in [6.07, 6.45) is 2.31. The molecule has 0 unspecified atom stereocenters. The number of Topliss-reactive ketones (excluding diaryl/α,β-unsaturated/α-hetero) is 1. The standard InChI is InChI=1S/C20H23NO5S2/c1-13-8-9-18(28-13)16(22)12-26-20(24)15(10-11-27-3)21-19(23)14-6-4-5-7-17(14)25-2/h4-9,15H,10-12H2,1-3H3,(H,21,23)/t15-/m1/s1. The number of aryl methyl sites for hydroxylation is 1. The number of ketones is 1. The highest BCUT2D eigenvalue weighted by atomic mass is 32.2. The summed E-state index contributed by atoms with van der Waals surface area (Å²) in [6, 6.07) is 9.47. The maximum atomic E-state index is 12.6. The van der Waals surface area contributed by atoms with E-state index in [4.69, 9.17) is 9.47 Å². The third kappa shape index (κ3) is 6.10. The van der Waals surface area contributed by atoms with E-state index in [2.05, 4.69) is 5.32 Å². The highest BCUT2D eigenvalue weighted by Gasteiger charge is 2.25. The second-order valence-electron chi connectivity index (χ2n) is 5.95. The number of carbonyl (C=O) groups is 3. The first kappa shape index (κ1) is 22.0. The lowest BCUT2D eigenvalue weighted by molar-refractivity contribution is -0.144. The molecule has 28 heavy (non-hydrogen) atoms. The molecule has 0 aliphatic heterocycles. The molecule has 8 heteroatoms. The summed E-state index contributed by atoms with van der Waals surface area (Å²) in [4.78, 5) is 38.8. The van der Waals surface area contributed by atoms with Gasteiger partial charge in [-0.1, -0.05) is 12.1 Å². The minimum absolute atomic E-state index is 0.258. The molecule has 1 heterocycles. The second-order valence-corrected chi connectivity index (χ2v) is 8.22. The molecule has 0 saturated heterocycles. The van der Waals surface area contributed by atoms with Gasteiger partial charge in [0.05, 0.1) is 17.6 Å². The van der Waals surface area contributed by atoms with Crippen LogP contribution in [0.3, 0.4) is 0 Å². The SMILES string of the molecule is COc1ccccc1C(=O)N[C@H](CCSC)C(=O)OCC(=O)c1ccc(C)s1. The van der Waals surface area contributed by atoms with E-state index in [-0.39, 0.29) is 12.4 Å². The molecule has 0 radical (unpaired) electrons. The Kier molecular flexibility index (Phi) is 8.53. The molecule has 0 fully saturated rings. The Labute approximate surface area is 172 Å². The summed E-state index contributed by atoms with van der Waals surface area (Å²) < 4.78 is 10.4. The summed E-state index contributed by atoms with van der Waals surface area (Å²) in [6.45, 7) is 1.55. The number of thiophene rings is 1. The van der Waals surface area contributed by atoms with Gasteiger partial charge in [-0.2, -0.15) is 11.8 Å². The number of methoxy groups -OCH3 is 1. The number of hydrogen-bond donors (Lipinski definition) is 1. The van der Waals surface area contributed by atoms with Gasteiger partial charge >= 0.3 is 5.97 Å². The van der Waals surface area contributed by atoms with E-state index >= 15 is 0 Å². The number of hydrogen-bond acceptors (Lipinski definition) is 7. The first-order chi connectivity index (χ1) is 13.5. The number of esters is 1. The van der Waals surface area contributed by atoms with E-state index in [0.29, 0.717) is 28.4 Å². The monoisotopic (exact) mass is 421 g/mol. The Morgan fingerprint density at radius 3 is 2.57 bits per heavy atom. The zero-order chi connectivity index (χ0) is 20.5. The van der Waals surface area contributed by atoms with Crippen LogP contribution in [0.15, 0.2) is 36.4 Å². The summed E-state index contributed by atoms with van der Waals surface area (Å²) in [5, 5.41) is 2.69. The van der Waals surface area contributed by atoms with Gasteiger partial charge < -0.3 is 14.8 Å². The van der Waals surface area contributed by atoms with Gasteiger partial charge in [-0.25, -0.2) is 4.79 Å². The molecular weight excluding hydrogens is 398 g/mol. The van der Waals surface area contributed by atoms with Crippen LogP contribution in [0.2, 0.25) is 0 Å². The van der Waals surface area contributed by atoms with E-state index in [1.54, 1.807) is 42.1 Å². The number of ether oxygens (including phenoxy) is 2. The lowest BCUT2D eigenvalue weighted by atomic mass is 10.1. The predicted octanol–water partition coefficient (Wildman–Crippen LogP) is 3.34. The van der Waals surface area contributed by atoms with Gasteiger partial charge in [-0.15, -0.1) is 11.3 Å². The summed E-state index contributed by atoms with van der Waals surface area (Å²) in [5.74, 6) is -0.240. The number of thioether (sulfide) groups is 1. The fourth-order valence-electron chi connectivity index (χ4n) is 2.45. The maximum Gasteiger partial charge on any atom is 0.329 e. The van der Waals surface area contributed by atoms with Gasteiger partial charge in [-0.05, 0) is 49.6 Å². The van der Waals surface area contributed by atoms with Gasteiger partial charge in [0, 0.05) is 4.88 Å². The molecule has 1 N–H and O–H groups in total. The lowest BCUT2D eigenvalue weighted by Crippen LogP contribution is -2.42. The number of para-hydroxylation sites is 1. The Hall–Kier alpha value is -2.32. The first-order valence-corrected chi connectivity index (χ1v) is 10.9. The van der Waals surface area contributed by atoms with Crippen molar-refractivity contribution in [3.05, 3.63) is 51.7 Å². The van der Waals surface area contributed by atoms with Crippen LogP contribution in [0.5, 0.6) is 5.75 Å². The maximum absolute atomic E-state index is 12.6. The zero-order valence-electron chi connectivity index (χ0n) is 16.0. The summed E-state index contributed by atoms with van der Waals surface area (Å²) in [7, 11) is 1.48. The number of rotatable bonds is 10. The highest BCUT2D eigenvalue weighted by molar-refractivity contribution is 7.98. The van der Waals surface area contributed by atoms with Crippen molar-refractivity contribution in [2.24, 2.45) is 0 Å². The van der Waals surface area contributed by atoms with Crippen molar-refractivity contribution >= 4 is 40.8 Å². The Balaban J connectivity index is 2.02. The van der Waals surface area contributed by atoms with Crippen molar-refractivity contribution in [3.63, 3.8) is 0 Å². The number of carbonyl (C=O) groups excluding carboxylic acids is 3. The average Bonchev–Trinajstić information content (AvgIpc) is 3.15. The smallest absolute Gasteiger partial charge is 0.329 e. The molecule has 1 aromatic heterocycles. The van der Waals surface area contributed by atoms with Crippen LogP contribution in [0, 0.1) is 6.92 Å². The van der Waals surface area contributed by atoms with Gasteiger partial charge in [-0.3, -0.25) is 9.59 Å². The molecule has 2 rings (SSSR count). The van der Waals surface area contributed by atoms with Crippen molar-refractivity contribution in [1.82, 2.24) is 5.32 Å². The van der Waals surface area contributed by atoms with Gasteiger partial charge in [0.25, 0.3) is 5.91 Å². The lowest BCUT2D eigenvalue weighted by Gasteiger charge is -2.18. The van der Waals surface area contributed by atoms with Crippen LogP contribution < -0.4 is 10.1 Å². The molecule has 1 amide bonds. The predicted molar refractivity (Wildman–Crippen MR) is 112 cm³/mol. The van der Waals surface area contributed by atoms with Crippen molar-refractivity contribution in [2.75, 3.05) is 25.7 Å². The summed E-state index contributed by atoms with van der Waals surface area (Å²) >= 11 is 2.91. The van der Waals surface area contributed by atoms with Crippen molar-refractivity contribution in [1.29, 1.82) is 0 Å². The zero-order valence-corrected chi connectivity index (χ0v) is 17.7. The Morgan fingerprint density at radius 2 is 1.93 bits per heavy atom. The van der Waals surface area contributed by atoms with Crippen LogP contribution in [0.25, 0.3) is 0 Å². The van der Waals surface area contributed by atoms with E-state index in [1.165, 1.54) is 18.4 Å². The first-order valence-electron chi connectivity index (χ1n) is 8.65. The molecule has 1 atom stereocenters.